The van der Waals surface area contributed by atoms with Gasteiger partial charge in [0.2, 0.25) is 5.91 Å². The topological polar surface area (TPSA) is 66.0 Å². The largest absolute Gasteiger partial charge is 0.491 e. The molecule has 0 bridgehead atoms. The number of amides is 1. The number of rotatable bonds is 7. The highest BCUT2D eigenvalue weighted by Gasteiger charge is 2.11. The molecular formula is C19H21NO5. The fraction of sp³-hybridized carbons (Fsp3) is 0.316. The van der Waals surface area contributed by atoms with Crippen LogP contribution >= 0.6 is 0 Å². The molecule has 132 valence electrons. The number of benzene rings is 2. The maximum atomic E-state index is 11.9. The summed E-state index contributed by atoms with van der Waals surface area (Å²) in [6.45, 7) is 1.93. The summed E-state index contributed by atoms with van der Waals surface area (Å²) in [5, 5.41) is 2.78. The molecule has 0 radical (unpaired) electrons. The van der Waals surface area contributed by atoms with Gasteiger partial charge in [-0.15, -0.1) is 0 Å². The van der Waals surface area contributed by atoms with Gasteiger partial charge in [-0.2, -0.15) is 0 Å². The first-order valence-corrected chi connectivity index (χ1v) is 8.26. The summed E-state index contributed by atoms with van der Waals surface area (Å²) in [6.07, 6.45) is 0.843. The van der Waals surface area contributed by atoms with Gasteiger partial charge >= 0.3 is 0 Å². The predicted octanol–water partition coefficient (Wildman–Crippen LogP) is 2.88. The van der Waals surface area contributed by atoms with Crippen molar-refractivity contribution in [3.05, 3.63) is 48.5 Å². The van der Waals surface area contributed by atoms with E-state index in [1.54, 1.807) is 18.2 Å². The molecule has 0 atom stereocenters. The Morgan fingerprint density at radius 1 is 1.00 bits per heavy atom. The lowest BCUT2D eigenvalue weighted by Gasteiger charge is -2.11. The van der Waals surface area contributed by atoms with Gasteiger partial charge in [0.15, 0.2) is 11.5 Å². The van der Waals surface area contributed by atoms with E-state index < -0.39 is 0 Å². The summed E-state index contributed by atoms with van der Waals surface area (Å²) < 4.78 is 22.0. The molecule has 6 nitrogen and oxygen atoms in total. The van der Waals surface area contributed by atoms with E-state index in [1.165, 1.54) is 0 Å². The average Bonchev–Trinajstić information content (AvgIpc) is 2.87. The van der Waals surface area contributed by atoms with Gasteiger partial charge in [-0.05, 0) is 24.3 Å². The molecule has 1 aliphatic rings. The number of para-hydroxylation sites is 1. The monoisotopic (exact) mass is 343 g/mol. The highest BCUT2D eigenvalue weighted by atomic mass is 16.5. The van der Waals surface area contributed by atoms with Crippen LogP contribution in [0.5, 0.6) is 17.2 Å². The summed E-state index contributed by atoms with van der Waals surface area (Å²) in [7, 11) is 0. The van der Waals surface area contributed by atoms with Crippen molar-refractivity contribution >= 4 is 11.6 Å². The molecule has 6 heteroatoms. The molecule has 0 saturated heterocycles. The number of hydrogen-bond acceptors (Lipinski definition) is 5. The minimum absolute atomic E-state index is 0.0351. The van der Waals surface area contributed by atoms with Gasteiger partial charge < -0.3 is 24.3 Å². The fourth-order valence-electron chi connectivity index (χ4n) is 2.34. The maximum absolute atomic E-state index is 11.9. The lowest BCUT2D eigenvalue weighted by atomic mass is 10.2. The van der Waals surface area contributed by atoms with Crippen molar-refractivity contribution in [1.82, 2.24) is 0 Å². The van der Waals surface area contributed by atoms with Gasteiger partial charge in [0.1, 0.15) is 19.0 Å². The fourth-order valence-corrected chi connectivity index (χ4v) is 2.34. The van der Waals surface area contributed by atoms with E-state index in [1.807, 2.05) is 30.3 Å². The van der Waals surface area contributed by atoms with Crippen molar-refractivity contribution in [3.8, 4) is 17.2 Å². The minimum atomic E-state index is -0.228. The number of anilines is 1. The standard InChI is InChI=1S/C19H21NO5/c21-19(14-22-11-12-23-16-5-2-1-3-6-16)20-15-7-8-17-18(13-15)25-10-4-9-24-17/h1-3,5-8,13H,4,9-12,14H2,(H,20,21). The Hall–Kier alpha value is -2.73. The highest BCUT2D eigenvalue weighted by molar-refractivity contribution is 5.92. The zero-order valence-electron chi connectivity index (χ0n) is 13.9. The lowest BCUT2D eigenvalue weighted by molar-refractivity contribution is -0.120. The third-order valence-corrected chi connectivity index (χ3v) is 3.50. The first-order valence-electron chi connectivity index (χ1n) is 8.26. The molecule has 25 heavy (non-hydrogen) atoms. The van der Waals surface area contributed by atoms with Gasteiger partial charge in [-0.25, -0.2) is 0 Å². The number of carbonyl (C=O) groups is 1. The predicted molar refractivity (Wildman–Crippen MR) is 93.4 cm³/mol. The van der Waals surface area contributed by atoms with Gasteiger partial charge in [0.25, 0.3) is 0 Å². The number of hydrogen-bond donors (Lipinski definition) is 1. The van der Waals surface area contributed by atoms with E-state index >= 15 is 0 Å². The van der Waals surface area contributed by atoms with E-state index in [9.17, 15) is 4.79 Å². The zero-order chi connectivity index (χ0) is 17.3. The SMILES string of the molecule is O=C(COCCOc1ccccc1)Nc1ccc2c(c1)OCCCO2. The van der Waals surface area contributed by atoms with Gasteiger partial charge in [0.05, 0.1) is 19.8 Å². The van der Waals surface area contributed by atoms with Gasteiger partial charge in [0, 0.05) is 18.2 Å². The second-order valence-electron chi connectivity index (χ2n) is 5.47. The first kappa shape index (κ1) is 17.1. The van der Waals surface area contributed by atoms with Crippen LogP contribution in [-0.2, 0) is 9.53 Å². The third-order valence-electron chi connectivity index (χ3n) is 3.50. The van der Waals surface area contributed by atoms with Crippen LogP contribution in [0.15, 0.2) is 48.5 Å². The van der Waals surface area contributed by atoms with Crippen molar-refractivity contribution in [1.29, 1.82) is 0 Å². The molecule has 2 aromatic carbocycles. The molecular weight excluding hydrogens is 322 g/mol. The first-order chi connectivity index (χ1) is 12.3. The van der Waals surface area contributed by atoms with E-state index in [0.717, 1.165) is 12.2 Å². The molecule has 0 fully saturated rings. The van der Waals surface area contributed by atoms with E-state index in [-0.39, 0.29) is 12.5 Å². The molecule has 1 aliphatic heterocycles. The Balaban J connectivity index is 1.38. The van der Waals surface area contributed by atoms with Gasteiger partial charge in [-0.3, -0.25) is 4.79 Å². The quantitative estimate of drug-likeness (QED) is 0.783. The molecule has 1 amide bonds. The molecule has 0 spiro atoms. The molecule has 0 aliphatic carbocycles. The normalized spacial score (nSPS) is 13.0. The Bertz CT molecular complexity index is 689. The second kappa shape index (κ2) is 8.94. The Labute approximate surface area is 146 Å². The summed E-state index contributed by atoms with van der Waals surface area (Å²) in [5.74, 6) is 1.90. The molecule has 3 rings (SSSR count). The highest BCUT2D eigenvalue weighted by Crippen LogP contribution is 2.32. The van der Waals surface area contributed by atoms with Crippen LogP contribution in [0.3, 0.4) is 0 Å². The summed E-state index contributed by atoms with van der Waals surface area (Å²) in [4.78, 5) is 11.9. The van der Waals surface area contributed by atoms with Crippen LogP contribution in [0.25, 0.3) is 0 Å². The van der Waals surface area contributed by atoms with Crippen LogP contribution in [0.2, 0.25) is 0 Å². The van der Waals surface area contributed by atoms with Crippen LogP contribution in [0, 0.1) is 0 Å². The number of fused-ring (bicyclic) bond motifs is 1. The zero-order valence-corrected chi connectivity index (χ0v) is 13.9. The Morgan fingerprint density at radius 3 is 2.64 bits per heavy atom. The Kier molecular flexibility index (Phi) is 6.11. The van der Waals surface area contributed by atoms with Crippen molar-refractivity contribution in [2.24, 2.45) is 0 Å². The van der Waals surface area contributed by atoms with Gasteiger partial charge in [-0.1, -0.05) is 18.2 Å². The maximum Gasteiger partial charge on any atom is 0.250 e. The van der Waals surface area contributed by atoms with Crippen molar-refractivity contribution in [2.75, 3.05) is 38.4 Å². The van der Waals surface area contributed by atoms with Crippen molar-refractivity contribution < 1.29 is 23.7 Å². The summed E-state index contributed by atoms with van der Waals surface area (Å²) >= 11 is 0. The third kappa shape index (κ3) is 5.39. The molecule has 1 heterocycles. The van der Waals surface area contributed by atoms with Crippen LogP contribution in [0.1, 0.15) is 6.42 Å². The average molecular weight is 343 g/mol. The van der Waals surface area contributed by atoms with E-state index in [0.29, 0.717) is 43.6 Å². The molecule has 0 aromatic heterocycles. The molecule has 1 N–H and O–H groups in total. The number of nitrogens with one attached hydrogen (secondary N) is 1. The molecule has 2 aromatic rings. The second-order valence-corrected chi connectivity index (χ2v) is 5.47. The smallest absolute Gasteiger partial charge is 0.250 e. The summed E-state index contributed by atoms with van der Waals surface area (Å²) in [5.41, 5.74) is 0.651. The van der Waals surface area contributed by atoms with Crippen LogP contribution < -0.4 is 19.5 Å². The molecule has 0 unspecified atom stereocenters. The number of carbonyl (C=O) groups excluding carboxylic acids is 1. The van der Waals surface area contributed by atoms with Crippen LogP contribution in [0.4, 0.5) is 5.69 Å². The van der Waals surface area contributed by atoms with Crippen molar-refractivity contribution in [3.63, 3.8) is 0 Å². The van der Waals surface area contributed by atoms with Crippen molar-refractivity contribution in [2.45, 2.75) is 6.42 Å². The van der Waals surface area contributed by atoms with E-state index in [2.05, 4.69) is 5.32 Å². The minimum Gasteiger partial charge on any atom is -0.491 e. The molecule has 0 saturated carbocycles. The number of ether oxygens (including phenoxy) is 4. The lowest BCUT2D eigenvalue weighted by Crippen LogP contribution is -2.20. The Morgan fingerprint density at radius 2 is 1.80 bits per heavy atom. The summed E-state index contributed by atoms with van der Waals surface area (Å²) in [6, 6.07) is 14.8. The van der Waals surface area contributed by atoms with Crippen LogP contribution in [-0.4, -0.2) is 38.9 Å². The van der Waals surface area contributed by atoms with E-state index in [4.69, 9.17) is 18.9 Å².